The van der Waals surface area contributed by atoms with Crippen LogP contribution in [0.5, 0.6) is 5.75 Å². The number of pyridine rings is 1. The van der Waals surface area contributed by atoms with Crippen molar-refractivity contribution in [2.45, 2.75) is 25.7 Å². The normalized spacial score (nSPS) is 17.6. The first kappa shape index (κ1) is 23.0. The van der Waals surface area contributed by atoms with Crippen LogP contribution in [0.1, 0.15) is 57.2 Å². The number of rotatable bonds is 2. The summed E-state index contributed by atoms with van der Waals surface area (Å²) in [5.41, 5.74) is 10.6. The fraction of sp³-hybridized carbons (Fsp3) is 0.250. The van der Waals surface area contributed by atoms with Gasteiger partial charge >= 0.3 is 0 Å². The number of carbonyl (C=O) groups is 1. The highest BCUT2D eigenvalue weighted by Crippen LogP contribution is 2.40. The Kier molecular flexibility index (Phi) is 5.35. The summed E-state index contributed by atoms with van der Waals surface area (Å²) >= 11 is 0. The first-order chi connectivity index (χ1) is 17.8. The van der Waals surface area contributed by atoms with Crippen LogP contribution >= 0.6 is 0 Å². The van der Waals surface area contributed by atoms with Crippen molar-refractivity contribution in [1.29, 1.82) is 0 Å². The summed E-state index contributed by atoms with van der Waals surface area (Å²) in [4.78, 5) is 19.4. The molecule has 2 N–H and O–H groups in total. The zero-order valence-corrected chi connectivity index (χ0v) is 20.6. The fourth-order valence-electron chi connectivity index (χ4n) is 5.00. The van der Waals surface area contributed by atoms with E-state index in [9.17, 15) is 4.79 Å². The minimum atomic E-state index is -0.650. The maximum atomic E-state index is 15.1. The second-order valence-electron chi connectivity index (χ2n) is 9.34. The number of hydrogen-bond donors (Lipinski definition) is 1. The number of carbonyl (C=O) groups excluding carboxylic acids is 1. The van der Waals surface area contributed by atoms with E-state index in [1.807, 2.05) is 38.4 Å². The van der Waals surface area contributed by atoms with Crippen LogP contribution in [0, 0.1) is 17.7 Å². The highest BCUT2D eigenvalue weighted by molar-refractivity contribution is 5.99. The zero-order valence-electron chi connectivity index (χ0n) is 20.6. The molecule has 0 spiro atoms. The average molecular weight is 498 g/mol. The van der Waals surface area contributed by atoms with Crippen molar-refractivity contribution in [2.75, 3.05) is 19.4 Å². The van der Waals surface area contributed by atoms with E-state index in [1.165, 1.54) is 11.0 Å². The number of anilines is 1. The molecule has 2 atom stereocenters. The van der Waals surface area contributed by atoms with Gasteiger partial charge in [0.25, 0.3) is 5.91 Å². The smallest absolute Gasteiger partial charge is 0.257 e. The van der Waals surface area contributed by atoms with Gasteiger partial charge in [-0.2, -0.15) is 5.10 Å². The van der Waals surface area contributed by atoms with Gasteiger partial charge < -0.3 is 20.1 Å². The number of aryl methyl sites for hydroxylation is 1. The number of halogens is 1. The van der Waals surface area contributed by atoms with E-state index in [0.717, 1.165) is 27.8 Å². The lowest BCUT2D eigenvalue weighted by molar-refractivity contribution is 0.0703. The van der Waals surface area contributed by atoms with Gasteiger partial charge in [0, 0.05) is 48.4 Å². The molecule has 37 heavy (non-hydrogen) atoms. The quantitative estimate of drug-likeness (QED) is 0.422. The van der Waals surface area contributed by atoms with E-state index in [0.29, 0.717) is 29.1 Å². The molecule has 8 nitrogen and oxygen atoms in total. The summed E-state index contributed by atoms with van der Waals surface area (Å²) in [7, 11) is 3.49. The molecule has 2 unspecified atom stereocenters. The molecule has 6 rings (SSSR count). The lowest BCUT2D eigenvalue weighted by atomic mass is 9.99. The van der Waals surface area contributed by atoms with Gasteiger partial charge in [-0.05, 0) is 30.7 Å². The molecule has 0 fully saturated rings. The Labute approximate surface area is 212 Å². The molecule has 1 amide bonds. The number of aromatic nitrogens is 3. The third-order valence-electron chi connectivity index (χ3n) is 6.98. The zero-order chi connectivity index (χ0) is 25.8. The average Bonchev–Trinajstić information content (AvgIpc) is 3.60. The van der Waals surface area contributed by atoms with Crippen molar-refractivity contribution in [3.05, 3.63) is 81.9 Å². The van der Waals surface area contributed by atoms with E-state index >= 15 is 4.39 Å². The highest BCUT2D eigenvalue weighted by atomic mass is 19.1. The molecule has 4 heterocycles. The number of amides is 1. The van der Waals surface area contributed by atoms with Crippen molar-refractivity contribution in [3.8, 4) is 17.6 Å². The molecule has 2 aromatic heterocycles. The Hall–Kier alpha value is -4.42. The molecule has 0 saturated carbocycles. The first-order valence-electron chi connectivity index (χ1n) is 11.9. The van der Waals surface area contributed by atoms with E-state index < -0.39 is 11.7 Å². The summed E-state index contributed by atoms with van der Waals surface area (Å²) < 4.78 is 28.4. The van der Waals surface area contributed by atoms with Gasteiger partial charge in [-0.3, -0.25) is 9.48 Å². The third-order valence-corrected chi connectivity index (χ3v) is 6.98. The predicted octanol–water partition coefficient (Wildman–Crippen LogP) is 3.89. The van der Waals surface area contributed by atoms with E-state index in [1.54, 1.807) is 24.0 Å². The fourth-order valence-corrected chi connectivity index (χ4v) is 5.00. The maximum Gasteiger partial charge on any atom is 0.257 e. The predicted molar refractivity (Wildman–Crippen MR) is 135 cm³/mol. The topological polar surface area (TPSA) is 95.5 Å². The monoisotopic (exact) mass is 497 g/mol. The molecular formula is C28H24FN5O3. The van der Waals surface area contributed by atoms with Crippen molar-refractivity contribution < 1.29 is 18.7 Å². The van der Waals surface area contributed by atoms with E-state index in [4.69, 9.17) is 15.2 Å². The van der Waals surface area contributed by atoms with Gasteiger partial charge in [0.2, 0.25) is 0 Å². The molecule has 2 aliphatic heterocycles. The van der Waals surface area contributed by atoms with Crippen LogP contribution in [-0.2, 0) is 18.4 Å². The number of benzene rings is 2. The molecule has 0 aliphatic carbocycles. The number of likely N-dealkylation sites (N-methyl/N-ethyl adjacent to an activating group) is 1. The number of ether oxygens (including phenoxy) is 2. The van der Waals surface area contributed by atoms with Crippen LogP contribution in [0.4, 0.5) is 10.2 Å². The number of nitrogens with two attached hydrogens (primary N) is 1. The largest absolute Gasteiger partial charge is 0.491 e. The van der Waals surface area contributed by atoms with Crippen molar-refractivity contribution in [3.63, 3.8) is 0 Å². The minimum absolute atomic E-state index is 0.0317. The molecule has 2 aliphatic rings. The van der Waals surface area contributed by atoms with Crippen molar-refractivity contribution >= 4 is 22.6 Å². The van der Waals surface area contributed by atoms with Gasteiger partial charge in [0.15, 0.2) is 0 Å². The molecule has 9 heteroatoms. The van der Waals surface area contributed by atoms with Gasteiger partial charge in [0.05, 0.1) is 41.6 Å². The number of nitrogen functional groups attached to an aromatic ring is 1. The van der Waals surface area contributed by atoms with Gasteiger partial charge in [-0.15, -0.1) is 0 Å². The van der Waals surface area contributed by atoms with Gasteiger partial charge in [-0.1, -0.05) is 17.9 Å². The summed E-state index contributed by atoms with van der Waals surface area (Å²) in [6, 6.07) is 8.11. The van der Waals surface area contributed by atoms with Crippen LogP contribution in [-0.4, -0.2) is 39.2 Å². The third kappa shape index (κ3) is 3.86. The Morgan fingerprint density at radius 3 is 2.84 bits per heavy atom. The molecule has 2 aromatic carbocycles. The number of hydrogen-bond acceptors (Lipinski definition) is 6. The minimum Gasteiger partial charge on any atom is -0.491 e. The summed E-state index contributed by atoms with van der Waals surface area (Å²) in [6.45, 7) is 2.50. The molecule has 0 radical (unpaired) electrons. The first-order valence-corrected chi connectivity index (χ1v) is 11.9. The molecule has 186 valence electrons. The van der Waals surface area contributed by atoms with Crippen LogP contribution < -0.4 is 10.5 Å². The van der Waals surface area contributed by atoms with E-state index in [-0.39, 0.29) is 24.3 Å². The summed E-state index contributed by atoms with van der Waals surface area (Å²) in [6.07, 6.45) is 3.34. The van der Waals surface area contributed by atoms with E-state index in [2.05, 4.69) is 21.9 Å². The lowest BCUT2D eigenvalue weighted by Crippen LogP contribution is -2.32. The van der Waals surface area contributed by atoms with Crippen LogP contribution in [0.15, 0.2) is 42.7 Å². The summed E-state index contributed by atoms with van der Waals surface area (Å²) in [5.74, 6) is 6.07. The van der Waals surface area contributed by atoms with Crippen molar-refractivity contribution in [1.82, 2.24) is 19.7 Å². The highest BCUT2D eigenvalue weighted by Gasteiger charge is 2.33. The number of nitrogens with zero attached hydrogens (tertiary/aromatic N) is 4. The Bertz CT molecular complexity index is 1650. The maximum absolute atomic E-state index is 15.1. The Balaban J connectivity index is 1.29. The van der Waals surface area contributed by atoms with Crippen molar-refractivity contribution in [2.24, 2.45) is 7.05 Å². The molecule has 0 saturated heterocycles. The van der Waals surface area contributed by atoms with Gasteiger partial charge in [-0.25, -0.2) is 9.37 Å². The Morgan fingerprint density at radius 2 is 2.05 bits per heavy atom. The molecule has 4 aromatic rings. The van der Waals surface area contributed by atoms with Crippen LogP contribution in [0.3, 0.4) is 0 Å². The van der Waals surface area contributed by atoms with Crippen LogP contribution in [0.25, 0.3) is 10.9 Å². The SMILES string of the molecule is CC1OCc2c1c(N)nc1cc(F)c(C(=O)N(C)C3COc4cc(C#Cc5cnn(C)c5)ccc43)cc21. The van der Waals surface area contributed by atoms with Gasteiger partial charge in [0.1, 0.15) is 24.0 Å². The standard InChI is InChI=1S/C28H24FN5O3/c1-15-26-21(13-36-15)19-9-20(22(29)10-23(19)32-27(26)30)28(35)34(3)24-14-37-25-8-16(6-7-18(24)25)4-5-17-11-31-33(2)12-17/h6-12,15,24H,13-14H2,1-3H3,(H2,30,32). The molecular weight excluding hydrogens is 473 g/mol. The Morgan fingerprint density at radius 1 is 1.24 bits per heavy atom. The summed E-state index contributed by atoms with van der Waals surface area (Å²) in [5, 5.41) is 4.79. The van der Waals surface area contributed by atoms with Crippen LogP contribution in [0.2, 0.25) is 0 Å². The lowest BCUT2D eigenvalue weighted by Gasteiger charge is -2.24. The second kappa shape index (κ2) is 8.61. The molecule has 0 bridgehead atoms. The number of fused-ring (bicyclic) bond motifs is 4. The second-order valence-corrected chi connectivity index (χ2v) is 9.34.